The number of amides is 1. The lowest BCUT2D eigenvalue weighted by Crippen LogP contribution is -2.31. The van der Waals surface area contributed by atoms with E-state index in [-0.39, 0.29) is 24.1 Å². The molecule has 1 unspecified atom stereocenters. The Morgan fingerprint density at radius 1 is 1.32 bits per heavy atom. The smallest absolute Gasteiger partial charge is 0.255 e. The van der Waals surface area contributed by atoms with E-state index in [0.717, 1.165) is 36.7 Å². The highest BCUT2D eigenvalue weighted by Gasteiger charge is 2.26. The zero-order chi connectivity index (χ0) is 20.1. The van der Waals surface area contributed by atoms with Crippen LogP contribution < -0.4 is 10.6 Å². The van der Waals surface area contributed by atoms with Crippen molar-refractivity contribution in [1.29, 1.82) is 0 Å². The fourth-order valence-electron chi connectivity index (χ4n) is 2.79. The summed E-state index contributed by atoms with van der Waals surface area (Å²) in [5.74, 6) is -0.492. The van der Waals surface area contributed by atoms with E-state index in [0.29, 0.717) is 17.3 Å². The third kappa shape index (κ3) is 5.32. The van der Waals surface area contributed by atoms with Crippen LogP contribution in [0.15, 0.2) is 41.8 Å². The summed E-state index contributed by atoms with van der Waals surface area (Å²) < 4.78 is 27.3. The van der Waals surface area contributed by atoms with Crippen LogP contribution in [0.1, 0.15) is 47.3 Å². The molecule has 1 saturated carbocycles. The Morgan fingerprint density at radius 3 is 2.82 bits per heavy atom. The predicted molar refractivity (Wildman–Crippen MR) is 109 cm³/mol. The quantitative estimate of drug-likeness (QED) is 0.662. The Kier molecular flexibility index (Phi) is 6.67. The Morgan fingerprint density at radius 2 is 2.11 bits per heavy atom. The van der Waals surface area contributed by atoms with Gasteiger partial charge in [-0.3, -0.25) is 4.79 Å². The first kappa shape index (κ1) is 20.3. The first-order valence-corrected chi connectivity index (χ1v) is 10.5. The first-order valence-electron chi connectivity index (χ1n) is 9.17. The molecule has 1 aromatic heterocycles. The fourth-order valence-corrected chi connectivity index (χ4v) is 3.18. The van der Waals surface area contributed by atoms with E-state index in [1.54, 1.807) is 17.8 Å². The molecule has 1 aliphatic carbocycles. The zero-order valence-electron chi connectivity index (χ0n) is 15.8. The van der Waals surface area contributed by atoms with Crippen molar-refractivity contribution in [3.8, 4) is 0 Å². The van der Waals surface area contributed by atoms with E-state index >= 15 is 0 Å². The van der Waals surface area contributed by atoms with E-state index in [4.69, 9.17) is 0 Å². The molecule has 4 nitrogen and oxygen atoms in total. The van der Waals surface area contributed by atoms with Gasteiger partial charge in [-0.2, -0.15) is 0 Å². The maximum absolute atomic E-state index is 13.9. The van der Waals surface area contributed by atoms with Gasteiger partial charge in [-0.25, -0.2) is 13.8 Å². The zero-order valence-corrected chi connectivity index (χ0v) is 16.7. The average molecular weight is 403 g/mol. The van der Waals surface area contributed by atoms with Gasteiger partial charge in [-0.1, -0.05) is 6.08 Å². The lowest BCUT2D eigenvalue weighted by Gasteiger charge is -2.15. The van der Waals surface area contributed by atoms with Gasteiger partial charge in [0.2, 0.25) is 0 Å². The summed E-state index contributed by atoms with van der Waals surface area (Å²) in [4.78, 5) is 17.3. The van der Waals surface area contributed by atoms with Crippen molar-refractivity contribution >= 4 is 23.5 Å². The highest BCUT2D eigenvalue weighted by molar-refractivity contribution is 8.01. The van der Waals surface area contributed by atoms with Gasteiger partial charge in [0.25, 0.3) is 5.91 Å². The monoisotopic (exact) mass is 403 g/mol. The molecule has 1 amide bonds. The molecule has 3 rings (SSSR count). The number of thioether (sulfide) groups is 1. The summed E-state index contributed by atoms with van der Waals surface area (Å²) in [7, 11) is 0. The lowest BCUT2D eigenvalue weighted by molar-refractivity contribution is 0.0947. The third-order valence-electron chi connectivity index (χ3n) is 4.47. The van der Waals surface area contributed by atoms with Crippen molar-refractivity contribution < 1.29 is 13.6 Å². The molecular formula is C21H23F2N3OS. The molecule has 0 bridgehead atoms. The molecule has 2 aromatic rings. The van der Waals surface area contributed by atoms with E-state index in [2.05, 4.69) is 15.6 Å². The number of hydrogen-bond donors (Lipinski definition) is 2. The van der Waals surface area contributed by atoms with Gasteiger partial charge in [-0.05, 0) is 61.8 Å². The van der Waals surface area contributed by atoms with Gasteiger partial charge in [0.1, 0.15) is 17.5 Å². The number of benzene rings is 1. The van der Waals surface area contributed by atoms with E-state index < -0.39 is 11.6 Å². The largest absolute Gasteiger partial charge is 0.365 e. The molecule has 0 spiro atoms. The molecule has 0 radical (unpaired) electrons. The van der Waals surface area contributed by atoms with Crippen LogP contribution in [0, 0.1) is 11.6 Å². The van der Waals surface area contributed by atoms with E-state index in [1.165, 1.54) is 0 Å². The van der Waals surface area contributed by atoms with Crippen molar-refractivity contribution in [3.05, 3.63) is 70.3 Å². The minimum absolute atomic E-state index is 0.0346. The van der Waals surface area contributed by atoms with Crippen molar-refractivity contribution in [2.75, 3.05) is 11.6 Å². The maximum atomic E-state index is 13.9. The summed E-state index contributed by atoms with van der Waals surface area (Å²) in [6.07, 6.45) is 5.99. The third-order valence-corrected chi connectivity index (χ3v) is 4.90. The molecular weight excluding hydrogens is 380 g/mol. The average Bonchev–Trinajstić information content (AvgIpc) is 3.52. The van der Waals surface area contributed by atoms with Gasteiger partial charge in [-0.15, -0.1) is 11.8 Å². The number of aromatic nitrogens is 1. The van der Waals surface area contributed by atoms with Gasteiger partial charge in [0.05, 0.1) is 5.56 Å². The molecule has 1 fully saturated rings. The SMILES string of the molecule is CS/C=C/C(C)NC(=O)c1ccc(C2CC2)nc1NCc1cc(F)ccc1F. The summed E-state index contributed by atoms with van der Waals surface area (Å²) in [5.41, 5.74) is 1.47. The molecule has 7 heteroatoms. The fraction of sp³-hybridized carbons (Fsp3) is 0.333. The molecule has 148 valence electrons. The van der Waals surface area contributed by atoms with Crippen LogP contribution in [-0.2, 0) is 6.54 Å². The number of rotatable bonds is 8. The minimum Gasteiger partial charge on any atom is -0.365 e. The van der Waals surface area contributed by atoms with Gasteiger partial charge >= 0.3 is 0 Å². The Bertz CT molecular complexity index is 884. The lowest BCUT2D eigenvalue weighted by atomic mass is 10.1. The summed E-state index contributed by atoms with van der Waals surface area (Å²) in [6, 6.07) is 6.77. The van der Waals surface area contributed by atoms with Crippen LogP contribution in [0.3, 0.4) is 0 Å². The molecule has 1 atom stereocenters. The van der Waals surface area contributed by atoms with E-state index in [1.807, 2.05) is 30.7 Å². The van der Waals surface area contributed by atoms with Gasteiger partial charge in [0, 0.05) is 29.8 Å². The molecule has 1 aromatic carbocycles. The van der Waals surface area contributed by atoms with Crippen LogP contribution in [0.2, 0.25) is 0 Å². The number of halogens is 2. The van der Waals surface area contributed by atoms with Crippen LogP contribution in [0.4, 0.5) is 14.6 Å². The summed E-state index contributed by atoms with van der Waals surface area (Å²) in [5, 5.41) is 7.83. The van der Waals surface area contributed by atoms with Crippen molar-refractivity contribution in [2.45, 2.75) is 38.3 Å². The number of nitrogens with zero attached hydrogens (tertiary/aromatic N) is 1. The molecule has 0 saturated heterocycles. The maximum Gasteiger partial charge on any atom is 0.255 e. The normalized spacial score (nSPS) is 14.9. The number of carbonyl (C=O) groups is 1. The summed E-state index contributed by atoms with van der Waals surface area (Å²) >= 11 is 1.55. The molecule has 1 heterocycles. The number of anilines is 1. The second-order valence-electron chi connectivity index (χ2n) is 6.82. The van der Waals surface area contributed by atoms with Crippen molar-refractivity contribution in [3.63, 3.8) is 0 Å². The second kappa shape index (κ2) is 9.19. The Labute approximate surface area is 167 Å². The number of carbonyl (C=O) groups excluding carboxylic acids is 1. The number of pyridine rings is 1. The Hall–Kier alpha value is -2.41. The standard InChI is InChI=1S/C21H23F2N3OS/c1-13(9-10-28-2)25-21(27)17-6-8-19(14-3-4-14)26-20(17)24-12-15-11-16(22)5-7-18(15)23/h5-11,13-14H,3-4,12H2,1-2H3,(H,24,26)(H,25,27)/b10-9+. The number of hydrogen-bond acceptors (Lipinski definition) is 4. The minimum atomic E-state index is -0.509. The Balaban J connectivity index is 1.80. The van der Waals surface area contributed by atoms with Crippen LogP contribution in [0.5, 0.6) is 0 Å². The van der Waals surface area contributed by atoms with Crippen molar-refractivity contribution in [1.82, 2.24) is 10.3 Å². The highest BCUT2D eigenvalue weighted by atomic mass is 32.2. The van der Waals surface area contributed by atoms with E-state index in [9.17, 15) is 13.6 Å². The molecule has 2 N–H and O–H groups in total. The topological polar surface area (TPSA) is 54.0 Å². The van der Waals surface area contributed by atoms with Gasteiger partial charge in [0.15, 0.2) is 0 Å². The predicted octanol–water partition coefficient (Wildman–Crippen LogP) is 4.84. The second-order valence-corrected chi connectivity index (χ2v) is 7.57. The molecule has 0 aliphatic heterocycles. The highest BCUT2D eigenvalue weighted by Crippen LogP contribution is 2.39. The molecule has 28 heavy (non-hydrogen) atoms. The van der Waals surface area contributed by atoms with Crippen LogP contribution >= 0.6 is 11.8 Å². The molecule has 1 aliphatic rings. The summed E-state index contributed by atoms with van der Waals surface area (Å²) in [6.45, 7) is 1.92. The first-order chi connectivity index (χ1) is 13.5. The van der Waals surface area contributed by atoms with Gasteiger partial charge < -0.3 is 10.6 Å². The van der Waals surface area contributed by atoms with Crippen molar-refractivity contribution in [2.24, 2.45) is 0 Å². The van der Waals surface area contributed by atoms with Crippen LogP contribution in [-0.4, -0.2) is 23.2 Å². The number of nitrogens with one attached hydrogen (secondary N) is 2. The van der Waals surface area contributed by atoms with Crippen LogP contribution in [0.25, 0.3) is 0 Å².